The molecule has 0 saturated heterocycles. The first-order valence-electron chi connectivity index (χ1n) is 3.16. The van der Waals surface area contributed by atoms with E-state index in [0.29, 0.717) is 6.61 Å². The molecule has 1 rings (SSSR count). The summed E-state index contributed by atoms with van der Waals surface area (Å²) in [5.41, 5.74) is 0. The van der Waals surface area contributed by atoms with Crippen LogP contribution in [-0.4, -0.2) is 18.5 Å². The summed E-state index contributed by atoms with van der Waals surface area (Å²) < 4.78 is 5.10. The topological polar surface area (TPSA) is 26.3 Å². The highest BCUT2D eigenvalue weighted by Gasteiger charge is 2.18. The zero-order valence-electron chi connectivity index (χ0n) is 5.46. The minimum absolute atomic E-state index is 0.108. The molecule has 2 nitrogen and oxygen atoms in total. The Balaban J connectivity index is 2.37. The second kappa shape index (κ2) is 2.78. The quantitative estimate of drug-likeness (QED) is 0.550. The van der Waals surface area contributed by atoms with E-state index in [4.69, 9.17) is 4.74 Å². The molecular weight excluding hydrogens is 116 g/mol. The van der Waals surface area contributed by atoms with Crippen LogP contribution in [0.5, 0.6) is 0 Å². The monoisotopic (exact) mass is 126 g/mol. The van der Waals surface area contributed by atoms with Gasteiger partial charge in [0.05, 0.1) is 0 Å². The van der Waals surface area contributed by atoms with Crippen molar-refractivity contribution in [2.75, 3.05) is 6.61 Å². The third-order valence-electron chi connectivity index (χ3n) is 1.32. The van der Waals surface area contributed by atoms with E-state index < -0.39 is 0 Å². The van der Waals surface area contributed by atoms with Crippen LogP contribution in [-0.2, 0) is 9.53 Å². The van der Waals surface area contributed by atoms with Gasteiger partial charge in [-0.05, 0) is 19.4 Å². The number of hydrogen-bond donors (Lipinski definition) is 0. The molecule has 1 aliphatic rings. The Labute approximate surface area is 54.5 Å². The fraction of sp³-hybridized carbons (Fsp3) is 0.571. The van der Waals surface area contributed by atoms with Crippen molar-refractivity contribution in [3.05, 3.63) is 12.2 Å². The number of carbonyl (C=O) groups excluding carboxylic acids is 1. The van der Waals surface area contributed by atoms with Crippen molar-refractivity contribution in [3.63, 3.8) is 0 Å². The van der Waals surface area contributed by atoms with Crippen LogP contribution in [0.25, 0.3) is 0 Å². The molecule has 0 aromatic rings. The van der Waals surface area contributed by atoms with E-state index in [1.54, 1.807) is 6.08 Å². The maximum atomic E-state index is 10.8. The Morgan fingerprint density at radius 2 is 2.67 bits per heavy atom. The Hall–Kier alpha value is -0.630. The van der Waals surface area contributed by atoms with Gasteiger partial charge in [0.25, 0.3) is 0 Å². The second-order valence-corrected chi connectivity index (χ2v) is 1.98. The van der Waals surface area contributed by atoms with Gasteiger partial charge in [-0.25, -0.2) is 0 Å². The molecule has 0 amide bonds. The molecule has 9 heavy (non-hydrogen) atoms. The van der Waals surface area contributed by atoms with E-state index in [-0.39, 0.29) is 11.9 Å². The van der Waals surface area contributed by atoms with E-state index in [9.17, 15) is 4.79 Å². The first-order chi connectivity index (χ1) is 4.34. The average Bonchev–Trinajstić information content (AvgIpc) is 2.18. The fourth-order valence-electron chi connectivity index (χ4n) is 0.883. The summed E-state index contributed by atoms with van der Waals surface area (Å²) in [6, 6.07) is 0. The number of ketones is 1. The zero-order chi connectivity index (χ0) is 6.69. The van der Waals surface area contributed by atoms with E-state index in [1.807, 2.05) is 13.0 Å². The van der Waals surface area contributed by atoms with Crippen LogP contribution in [0.1, 0.15) is 13.3 Å². The molecule has 0 heterocycles. The molecule has 1 atom stereocenters. The van der Waals surface area contributed by atoms with Crippen molar-refractivity contribution in [2.24, 2.45) is 0 Å². The van der Waals surface area contributed by atoms with Crippen LogP contribution in [0.4, 0.5) is 0 Å². The van der Waals surface area contributed by atoms with Gasteiger partial charge in [-0.1, -0.05) is 6.08 Å². The smallest absolute Gasteiger partial charge is 0.184 e. The fourth-order valence-corrected chi connectivity index (χ4v) is 0.883. The van der Waals surface area contributed by atoms with Gasteiger partial charge < -0.3 is 4.74 Å². The molecule has 0 aromatic heterocycles. The SMILES string of the molecule is CCOC1CC=CC1=O. The van der Waals surface area contributed by atoms with Gasteiger partial charge in [-0.3, -0.25) is 4.79 Å². The maximum absolute atomic E-state index is 10.8. The zero-order valence-corrected chi connectivity index (χ0v) is 5.46. The van der Waals surface area contributed by atoms with Gasteiger partial charge in [-0.15, -0.1) is 0 Å². The van der Waals surface area contributed by atoms with E-state index >= 15 is 0 Å². The van der Waals surface area contributed by atoms with Crippen LogP contribution in [0.3, 0.4) is 0 Å². The van der Waals surface area contributed by atoms with Crippen molar-refractivity contribution in [1.82, 2.24) is 0 Å². The van der Waals surface area contributed by atoms with Gasteiger partial charge in [0.2, 0.25) is 0 Å². The lowest BCUT2D eigenvalue weighted by molar-refractivity contribution is -0.124. The first kappa shape index (κ1) is 6.49. The number of ether oxygens (including phenoxy) is 1. The van der Waals surface area contributed by atoms with Gasteiger partial charge in [-0.2, -0.15) is 0 Å². The van der Waals surface area contributed by atoms with Gasteiger partial charge in [0.15, 0.2) is 5.78 Å². The number of rotatable bonds is 2. The molecule has 50 valence electrons. The van der Waals surface area contributed by atoms with Crippen molar-refractivity contribution in [3.8, 4) is 0 Å². The van der Waals surface area contributed by atoms with Crippen molar-refractivity contribution < 1.29 is 9.53 Å². The summed E-state index contributed by atoms with van der Waals surface area (Å²) in [5.74, 6) is 0.108. The summed E-state index contributed by atoms with van der Waals surface area (Å²) in [6.45, 7) is 2.52. The van der Waals surface area contributed by atoms with Crippen LogP contribution in [0, 0.1) is 0 Å². The van der Waals surface area contributed by atoms with Crippen LogP contribution >= 0.6 is 0 Å². The summed E-state index contributed by atoms with van der Waals surface area (Å²) in [4.78, 5) is 10.8. The normalized spacial score (nSPS) is 25.4. The van der Waals surface area contributed by atoms with Crippen molar-refractivity contribution in [2.45, 2.75) is 19.4 Å². The highest BCUT2D eigenvalue weighted by atomic mass is 16.5. The Kier molecular flexibility index (Phi) is 2.01. The Morgan fingerprint density at radius 1 is 1.89 bits per heavy atom. The maximum Gasteiger partial charge on any atom is 0.184 e. The molecule has 1 unspecified atom stereocenters. The predicted molar refractivity (Wildman–Crippen MR) is 34.2 cm³/mol. The lowest BCUT2D eigenvalue weighted by Gasteiger charge is -2.05. The first-order valence-corrected chi connectivity index (χ1v) is 3.16. The van der Waals surface area contributed by atoms with Crippen LogP contribution in [0.15, 0.2) is 12.2 Å². The van der Waals surface area contributed by atoms with Crippen LogP contribution < -0.4 is 0 Å². The summed E-state index contributed by atoms with van der Waals surface area (Å²) in [6.07, 6.45) is 4.02. The lowest BCUT2D eigenvalue weighted by atomic mass is 10.3. The molecule has 0 aromatic carbocycles. The third kappa shape index (κ3) is 1.39. The van der Waals surface area contributed by atoms with Gasteiger partial charge >= 0.3 is 0 Å². The minimum Gasteiger partial charge on any atom is -0.370 e. The molecule has 0 bridgehead atoms. The molecule has 0 spiro atoms. The minimum atomic E-state index is -0.171. The van der Waals surface area contributed by atoms with E-state index in [2.05, 4.69) is 0 Å². The molecule has 0 fully saturated rings. The lowest BCUT2D eigenvalue weighted by Crippen LogP contribution is -2.17. The largest absolute Gasteiger partial charge is 0.370 e. The summed E-state index contributed by atoms with van der Waals surface area (Å²) in [7, 11) is 0. The highest BCUT2D eigenvalue weighted by molar-refractivity contribution is 5.95. The molecular formula is C7H10O2. The second-order valence-electron chi connectivity index (χ2n) is 1.98. The van der Waals surface area contributed by atoms with E-state index in [0.717, 1.165) is 6.42 Å². The van der Waals surface area contributed by atoms with E-state index in [1.165, 1.54) is 0 Å². The number of carbonyl (C=O) groups is 1. The van der Waals surface area contributed by atoms with Crippen molar-refractivity contribution in [1.29, 1.82) is 0 Å². The van der Waals surface area contributed by atoms with Crippen LogP contribution in [0.2, 0.25) is 0 Å². The Bertz CT molecular complexity index is 138. The molecule has 2 heteroatoms. The molecule has 1 aliphatic carbocycles. The summed E-state index contributed by atoms with van der Waals surface area (Å²) >= 11 is 0. The molecule has 0 saturated carbocycles. The molecule has 0 radical (unpaired) electrons. The number of hydrogen-bond acceptors (Lipinski definition) is 2. The Morgan fingerprint density at radius 3 is 3.11 bits per heavy atom. The molecule has 0 aliphatic heterocycles. The van der Waals surface area contributed by atoms with Crippen molar-refractivity contribution >= 4 is 5.78 Å². The standard InChI is InChI=1S/C7H10O2/c1-2-9-7-5-3-4-6(7)8/h3-4,7H,2,5H2,1H3. The molecule has 0 N–H and O–H groups in total. The van der Waals surface area contributed by atoms with Gasteiger partial charge in [0.1, 0.15) is 6.10 Å². The predicted octanol–water partition coefficient (Wildman–Crippen LogP) is 0.920. The highest BCUT2D eigenvalue weighted by Crippen LogP contribution is 2.08. The third-order valence-corrected chi connectivity index (χ3v) is 1.32. The average molecular weight is 126 g/mol. The summed E-state index contributed by atoms with van der Waals surface area (Å²) in [5, 5.41) is 0. The van der Waals surface area contributed by atoms with Gasteiger partial charge in [0, 0.05) is 6.61 Å².